The molecular formula is C15H32N2O2. The summed E-state index contributed by atoms with van der Waals surface area (Å²) < 4.78 is 4.89. The van der Waals surface area contributed by atoms with Crippen molar-refractivity contribution < 1.29 is 9.53 Å². The summed E-state index contributed by atoms with van der Waals surface area (Å²) in [7, 11) is 3.26. The predicted molar refractivity (Wildman–Crippen MR) is 80.3 cm³/mol. The highest BCUT2D eigenvalue weighted by Crippen LogP contribution is 2.15. The van der Waals surface area contributed by atoms with Crippen LogP contribution in [-0.2, 0) is 9.53 Å². The molecule has 0 heterocycles. The quantitative estimate of drug-likeness (QED) is 0.620. The Morgan fingerprint density at radius 1 is 1.37 bits per heavy atom. The number of likely N-dealkylation sites (N-methyl/N-ethyl adjacent to an activating group) is 1. The molecule has 1 N–H and O–H groups in total. The van der Waals surface area contributed by atoms with Crippen molar-refractivity contribution in [2.24, 2.45) is 0 Å². The van der Waals surface area contributed by atoms with Gasteiger partial charge in [-0.05, 0) is 46.7 Å². The molecule has 0 aromatic heterocycles. The molecular weight excluding hydrogens is 240 g/mol. The fourth-order valence-corrected chi connectivity index (χ4v) is 2.09. The van der Waals surface area contributed by atoms with Crippen molar-refractivity contribution >= 4 is 5.97 Å². The average Bonchev–Trinajstić information content (AvgIpc) is 2.45. The molecule has 0 radical (unpaired) electrons. The largest absolute Gasteiger partial charge is 0.468 e. The van der Waals surface area contributed by atoms with Crippen LogP contribution in [0.3, 0.4) is 0 Å². The minimum atomic E-state index is -0.591. The van der Waals surface area contributed by atoms with E-state index in [1.807, 2.05) is 14.0 Å². The lowest BCUT2D eigenvalue weighted by molar-refractivity contribution is -0.148. The first-order valence-corrected chi connectivity index (χ1v) is 7.46. The summed E-state index contributed by atoms with van der Waals surface area (Å²) in [5.41, 5.74) is -0.591. The lowest BCUT2D eigenvalue weighted by Gasteiger charge is -2.33. The van der Waals surface area contributed by atoms with Crippen LogP contribution in [0.5, 0.6) is 0 Å². The summed E-state index contributed by atoms with van der Waals surface area (Å²) in [6.45, 7) is 10.6. The Balaban J connectivity index is 4.54. The normalized spacial score (nSPS) is 16.2. The number of esters is 1. The van der Waals surface area contributed by atoms with Gasteiger partial charge in [-0.1, -0.05) is 20.3 Å². The van der Waals surface area contributed by atoms with Crippen molar-refractivity contribution in [3.8, 4) is 0 Å². The molecule has 0 aliphatic carbocycles. The standard InChI is InChI=1S/C15H32N2O2/c1-7-9-11-17(13(3)8-2)12-10-15(4,16-5)14(18)19-6/h13,16H,7-12H2,1-6H3. The summed E-state index contributed by atoms with van der Waals surface area (Å²) in [4.78, 5) is 14.3. The van der Waals surface area contributed by atoms with Crippen LogP contribution in [0.25, 0.3) is 0 Å². The molecule has 0 spiro atoms. The number of nitrogens with one attached hydrogen (secondary N) is 1. The van der Waals surface area contributed by atoms with E-state index in [1.54, 1.807) is 0 Å². The molecule has 0 rings (SSSR count). The van der Waals surface area contributed by atoms with Gasteiger partial charge in [0.2, 0.25) is 0 Å². The minimum Gasteiger partial charge on any atom is -0.468 e. The Morgan fingerprint density at radius 3 is 2.42 bits per heavy atom. The van der Waals surface area contributed by atoms with Gasteiger partial charge in [-0.3, -0.25) is 4.79 Å². The van der Waals surface area contributed by atoms with Gasteiger partial charge >= 0.3 is 5.97 Å². The van der Waals surface area contributed by atoms with E-state index < -0.39 is 5.54 Å². The fraction of sp³-hybridized carbons (Fsp3) is 0.933. The Morgan fingerprint density at radius 2 is 2.00 bits per heavy atom. The maximum absolute atomic E-state index is 11.8. The Labute approximate surface area is 118 Å². The summed E-state index contributed by atoms with van der Waals surface area (Å²) in [5.74, 6) is -0.186. The molecule has 114 valence electrons. The molecule has 0 aromatic carbocycles. The molecule has 0 saturated heterocycles. The number of nitrogens with zero attached hydrogens (tertiary/aromatic N) is 1. The van der Waals surface area contributed by atoms with Gasteiger partial charge in [0.05, 0.1) is 7.11 Å². The summed E-state index contributed by atoms with van der Waals surface area (Å²) in [5, 5.41) is 3.10. The second-order valence-electron chi connectivity index (χ2n) is 5.47. The third-order valence-electron chi connectivity index (χ3n) is 4.10. The fourth-order valence-electron chi connectivity index (χ4n) is 2.09. The van der Waals surface area contributed by atoms with Crippen molar-refractivity contribution in [3.05, 3.63) is 0 Å². The maximum Gasteiger partial charge on any atom is 0.325 e. The molecule has 4 nitrogen and oxygen atoms in total. The monoisotopic (exact) mass is 272 g/mol. The van der Waals surface area contributed by atoms with Crippen molar-refractivity contribution in [3.63, 3.8) is 0 Å². The van der Waals surface area contributed by atoms with E-state index in [0.717, 1.165) is 25.9 Å². The zero-order valence-corrected chi connectivity index (χ0v) is 13.6. The van der Waals surface area contributed by atoms with E-state index in [0.29, 0.717) is 6.04 Å². The van der Waals surface area contributed by atoms with Gasteiger partial charge in [0.15, 0.2) is 0 Å². The van der Waals surface area contributed by atoms with E-state index in [9.17, 15) is 4.79 Å². The van der Waals surface area contributed by atoms with Crippen molar-refractivity contribution in [2.45, 2.75) is 65.0 Å². The zero-order chi connectivity index (χ0) is 14.9. The number of unbranched alkanes of at least 4 members (excludes halogenated alkanes) is 1. The van der Waals surface area contributed by atoms with Gasteiger partial charge in [0.1, 0.15) is 5.54 Å². The van der Waals surface area contributed by atoms with Crippen LogP contribution in [0, 0.1) is 0 Å². The molecule has 4 heteroatoms. The van der Waals surface area contributed by atoms with Gasteiger partial charge in [0, 0.05) is 12.6 Å². The molecule has 0 aliphatic heterocycles. The SMILES string of the molecule is CCCCN(CCC(C)(NC)C(=O)OC)C(C)CC. The van der Waals surface area contributed by atoms with Crippen molar-refractivity contribution in [2.75, 3.05) is 27.2 Å². The van der Waals surface area contributed by atoms with Crippen molar-refractivity contribution in [1.82, 2.24) is 10.2 Å². The molecule has 2 atom stereocenters. The summed E-state index contributed by atoms with van der Waals surface area (Å²) in [6, 6.07) is 0.560. The number of carbonyl (C=O) groups excluding carboxylic acids is 1. The number of hydrogen-bond donors (Lipinski definition) is 1. The second-order valence-corrected chi connectivity index (χ2v) is 5.47. The van der Waals surface area contributed by atoms with Crippen LogP contribution in [0.15, 0.2) is 0 Å². The molecule has 0 aromatic rings. The molecule has 0 saturated carbocycles. The van der Waals surface area contributed by atoms with E-state index in [1.165, 1.54) is 20.0 Å². The van der Waals surface area contributed by atoms with E-state index in [-0.39, 0.29) is 5.97 Å². The zero-order valence-electron chi connectivity index (χ0n) is 13.6. The third kappa shape index (κ3) is 5.91. The van der Waals surface area contributed by atoms with E-state index in [4.69, 9.17) is 4.74 Å². The smallest absolute Gasteiger partial charge is 0.325 e. The van der Waals surface area contributed by atoms with Crippen LogP contribution < -0.4 is 5.32 Å². The maximum atomic E-state index is 11.8. The van der Waals surface area contributed by atoms with Crippen molar-refractivity contribution in [1.29, 1.82) is 0 Å². The first-order valence-electron chi connectivity index (χ1n) is 7.46. The minimum absolute atomic E-state index is 0.186. The van der Waals surface area contributed by atoms with Crippen LogP contribution in [0.2, 0.25) is 0 Å². The molecule has 0 amide bonds. The van der Waals surface area contributed by atoms with Gasteiger partial charge in [-0.25, -0.2) is 0 Å². The summed E-state index contributed by atoms with van der Waals surface area (Å²) in [6.07, 6.45) is 4.31. The number of hydrogen-bond acceptors (Lipinski definition) is 4. The third-order valence-corrected chi connectivity index (χ3v) is 4.10. The number of methoxy groups -OCH3 is 1. The Hall–Kier alpha value is -0.610. The highest BCUT2D eigenvalue weighted by Gasteiger charge is 2.33. The Kier molecular flexibility index (Phi) is 9.02. The molecule has 19 heavy (non-hydrogen) atoms. The highest BCUT2D eigenvalue weighted by atomic mass is 16.5. The molecule has 0 fully saturated rings. The van der Waals surface area contributed by atoms with Gasteiger partial charge in [0.25, 0.3) is 0 Å². The van der Waals surface area contributed by atoms with Crippen LogP contribution >= 0.6 is 0 Å². The first kappa shape index (κ1) is 18.4. The lowest BCUT2D eigenvalue weighted by atomic mass is 9.97. The van der Waals surface area contributed by atoms with Gasteiger partial charge in [-0.15, -0.1) is 0 Å². The second kappa shape index (κ2) is 9.32. The van der Waals surface area contributed by atoms with Crippen LogP contribution in [-0.4, -0.2) is 49.7 Å². The van der Waals surface area contributed by atoms with Crippen LogP contribution in [0.1, 0.15) is 53.4 Å². The number of ether oxygens (including phenoxy) is 1. The van der Waals surface area contributed by atoms with Gasteiger partial charge in [-0.2, -0.15) is 0 Å². The molecule has 2 unspecified atom stereocenters. The van der Waals surface area contributed by atoms with E-state index >= 15 is 0 Å². The highest BCUT2D eigenvalue weighted by molar-refractivity contribution is 5.80. The molecule has 0 aliphatic rings. The Bertz CT molecular complexity index is 259. The summed E-state index contributed by atoms with van der Waals surface area (Å²) >= 11 is 0. The van der Waals surface area contributed by atoms with E-state index in [2.05, 4.69) is 31.0 Å². The lowest BCUT2D eigenvalue weighted by Crippen LogP contribution is -2.51. The topological polar surface area (TPSA) is 41.6 Å². The number of rotatable bonds is 10. The van der Waals surface area contributed by atoms with Gasteiger partial charge < -0.3 is 15.0 Å². The predicted octanol–water partition coefficient (Wildman–Crippen LogP) is 2.43. The average molecular weight is 272 g/mol. The van der Waals surface area contributed by atoms with Crippen LogP contribution in [0.4, 0.5) is 0 Å². The number of carbonyl (C=O) groups is 1. The molecule has 0 bridgehead atoms. The first-order chi connectivity index (χ1) is 8.95.